The van der Waals surface area contributed by atoms with Crippen molar-refractivity contribution in [3.63, 3.8) is 0 Å². The van der Waals surface area contributed by atoms with Gasteiger partial charge in [-0.05, 0) is 55.2 Å². The molecule has 0 aromatic heterocycles. The van der Waals surface area contributed by atoms with Crippen LogP contribution in [0.2, 0.25) is 0 Å². The van der Waals surface area contributed by atoms with Gasteiger partial charge in [-0.2, -0.15) is 0 Å². The number of hydrogen-bond acceptors (Lipinski definition) is 3. The molecule has 1 heterocycles. The second kappa shape index (κ2) is 9.02. The Balaban J connectivity index is 1.58. The minimum absolute atomic E-state index is 0.0518. The van der Waals surface area contributed by atoms with Crippen molar-refractivity contribution in [2.45, 2.75) is 37.2 Å². The molecule has 1 fully saturated rings. The summed E-state index contributed by atoms with van der Waals surface area (Å²) in [4.78, 5) is 2.76. The Labute approximate surface area is 179 Å². The van der Waals surface area contributed by atoms with E-state index in [1.54, 1.807) is 28.6 Å². The SMILES string of the molecule is Cc1cccc(N(C2CCN(Cc3ccccc3)CC2)S(=O)(=O)c2ccccc2)c1. The minimum Gasteiger partial charge on any atom is -0.299 e. The summed E-state index contributed by atoms with van der Waals surface area (Å²) in [6.07, 6.45) is 1.62. The van der Waals surface area contributed by atoms with Crippen LogP contribution < -0.4 is 4.31 Å². The van der Waals surface area contributed by atoms with Crippen LogP contribution in [0.4, 0.5) is 5.69 Å². The molecule has 0 unspecified atom stereocenters. The molecule has 0 radical (unpaired) electrons. The molecule has 0 spiro atoms. The molecule has 1 aliphatic heterocycles. The van der Waals surface area contributed by atoms with Gasteiger partial charge in [-0.25, -0.2) is 8.42 Å². The highest BCUT2D eigenvalue weighted by atomic mass is 32.2. The number of nitrogens with zero attached hydrogens (tertiary/aromatic N) is 2. The number of benzene rings is 3. The third kappa shape index (κ3) is 4.58. The number of rotatable bonds is 6. The maximum atomic E-state index is 13.6. The van der Waals surface area contributed by atoms with Crippen molar-refractivity contribution < 1.29 is 8.42 Å². The lowest BCUT2D eigenvalue weighted by Gasteiger charge is -2.39. The molecule has 3 aromatic rings. The molecule has 3 aromatic carbocycles. The van der Waals surface area contributed by atoms with E-state index in [1.165, 1.54) is 5.56 Å². The number of sulfonamides is 1. The van der Waals surface area contributed by atoms with Gasteiger partial charge >= 0.3 is 0 Å². The van der Waals surface area contributed by atoms with Gasteiger partial charge in [0.1, 0.15) is 0 Å². The maximum Gasteiger partial charge on any atom is 0.264 e. The highest BCUT2D eigenvalue weighted by Crippen LogP contribution is 2.31. The Bertz CT molecular complexity index is 1060. The molecule has 0 aliphatic carbocycles. The summed E-state index contributed by atoms with van der Waals surface area (Å²) in [5.74, 6) is 0. The van der Waals surface area contributed by atoms with Gasteiger partial charge < -0.3 is 0 Å². The molecule has 1 aliphatic rings. The van der Waals surface area contributed by atoms with Gasteiger partial charge in [0.25, 0.3) is 10.0 Å². The van der Waals surface area contributed by atoms with Crippen molar-refractivity contribution in [3.05, 3.63) is 96.1 Å². The summed E-state index contributed by atoms with van der Waals surface area (Å²) < 4.78 is 28.9. The molecule has 0 bridgehead atoms. The van der Waals surface area contributed by atoms with E-state index in [-0.39, 0.29) is 6.04 Å². The Morgan fingerprint density at radius 3 is 2.13 bits per heavy atom. The van der Waals surface area contributed by atoms with E-state index in [0.717, 1.165) is 43.7 Å². The van der Waals surface area contributed by atoms with E-state index in [2.05, 4.69) is 29.2 Å². The van der Waals surface area contributed by atoms with Crippen molar-refractivity contribution >= 4 is 15.7 Å². The Kier molecular flexibility index (Phi) is 6.21. The molecule has 1 saturated heterocycles. The monoisotopic (exact) mass is 420 g/mol. The quantitative estimate of drug-likeness (QED) is 0.572. The van der Waals surface area contributed by atoms with Crippen LogP contribution in [-0.2, 0) is 16.6 Å². The molecule has 4 nitrogen and oxygen atoms in total. The number of piperidine rings is 1. The Hall–Kier alpha value is -2.63. The third-order valence-electron chi connectivity index (χ3n) is 5.69. The second-order valence-corrected chi connectivity index (χ2v) is 9.76. The van der Waals surface area contributed by atoms with E-state index >= 15 is 0 Å². The number of likely N-dealkylation sites (tertiary alicyclic amines) is 1. The normalized spacial score (nSPS) is 15.8. The average molecular weight is 421 g/mol. The van der Waals surface area contributed by atoms with Gasteiger partial charge in [-0.1, -0.05) is 60.7 Å². The first-order valence-corrected chi connectivity index (χ1v) is 11.9. The van der Waals surface area contributed by atoms with Crippen molar-refractivity contribution in [1.82, 2.24) is 4.90 Å². The summed E-state index contributed by atoms with van der Waals surface area (Å²) in [5.41, 5.74) is 3.10. The van der Waals surface area contributed by atoms with Gasteiger partial charge in [0.05, 0.1) is 10.6 Å². The predicted octanol–water partition coefficient (Wildman–Crippen LogP) is 4.85. The van der Waals surface area contributed by atoms with Gasteiger partial charge in [0, 0.05) is 25.7 Å². The van der Waals surface area contributed by atoms with E-state index in [9.17, 15) is 8.42 Å². The summed E-state index contributed by atoms with van der Waals surface area (Å²) in [6, 6.07) is 27.0. The van der Waals surface area contributed by atoms with Crippen LogP contribution in [-0.4, -0.2) is 32.4 Å². The first kappa shape index (κ1) is 20.6. The lowest BCUT2D eigenvalue weighted by atomic mass is 10.0. The van der Waals surface area contributed by atoms with Crippen LogP contribution in [0.5, 0.6) is 0 Å². The first-order valence-electron chi connectivity index (χ1n) is 10.5. The van der Waals surface area contributed by atoms with E-state index in [0.29, 0.717) is 4.90 Å². The van der Waals surface area contributed by atoms with Gasteiger partial charge in [0.15, 0.2) is 0 Å². The molecule has 0 amide bonds. The molecule has 0 atom stereocenters. The largest absolute Gasteiger partial charge is 0.299 e. The van der Waals surface area contributed by atoms with Crippen molar-refractivity contribution in [3.8, 4) is 0 Å². The van der Waals surface area contributed by atoms with E-state index in [1.807, 2.05) is 43.3 Å². The lowest BCUT2D eigenvalue weighted by molar-refractivity contribution is 0.206. The first-order chi connectivity index (χ1) is 14.5. The van der Waals surface area contributed by atoms with Gasteiger partial charge in [0.2, 0.25) is 0 Å². The van der Waals surface area contributed by atoms with Crippen LogP contribution in [0.25, 0.3) is 0 Å². The Morgan fingerprint density at radius 2 is 1.50 bits per heavy atom. The highest BCUT2D eigenvalue weighted by Gasteiger charge is 2.34. The zero-order valence-electron chi connectivity index (χ0n) is 17.3. The molecular formula is C25H28N2O2S. The topological polar surface area (TPSA) is 40.6 Å². The fourth-order valence-electron chi connectivity index (χ4n) is 4.17. The summed E-state index contributed by atoms with van der Waals surface area (Å²) >= 11 is 0. The third-order valence-corrected chi connectivity index (χ3v) is 7.59. The standard InChI is InChI=1S/C25H28N2O2S/c1-21-9-8-12-24(19-21)27(30(28,29)25-13-6-3-7-14-25)23-15-17-26(18-16-23)20-22-10-4-2-5-11-22/h2-14,19,23H,15-18,20H2,1H3. The van der Waals surface area contributed by atoms with Crippen LogP contribution in [0, 0.1) is 6.92 Å². The highest BCUT2D eigenvalue weighted by molar-refractivity contribution is 7.92. The fourth-order valence-corrected chi connectivity index (χ4v) is 5.89. The molecule has 156 valence electrons. The van der Waals surface area contributed by atoms with Crippen LogP contribution >= 0.6 is 0 Å². The van der Waals surface area contributed by atoms with Crippen molar-refractivity contribution in [1.29, 1.82) is 0 Å². The van der Waals surface area contributed by atoms with Crippen LogP contribution in [0.1, 0.15) is 24.0 Å². The molecular weight excluding hydrogens is 392 g/mol. The predicted molar refractivity (Wildman–Crippen MR) is 122 cm³/mol. The van der Waals surface area contributed by atoms with Crippen molar-refractivity contribution in [2.24, 2.45) is 0 Å². The Morgan fingerprint density at radius 1 is 0.867 bits per heavy atom. The number of anilines is 1. The molecule has 0 saturated carbocycles. The molecule has 4 rings (SSSR count). The molecule has 30 heavy (non-hydrogen) atoms. The summed E-state index contributed by atoms with van der Waals surface area (Å²) in [7, 11) is -3.63. The number of hydrogen-bond donors (Lipinski definition) is 0. The van der Waals surface area contributed by atoms with E-state index < -0.39 is 10.0 Å². The van der Waals surface area contributed by atoms with E-state index in [4.69, 9.17) is 0 Å². The maximum absolute atomic E-state index is 13.6. The summed E-state index contributed by atoms with van der Waals surface area (Å²) in [6.45, 7) is 4.67. The van der Waals surface area contributed by atoms with Crippen LogP contribution in [0.15, 0.2) is 89.8 Å². The summed E-state index contributed by atoms with van der Waals surface area (Å²) in [5, 5.41) is 0. The number of aryl methyl sites for hydroxylation is 1. The molecule has 5 heteroatoms. The lowest BCUT2D eigenvalue weighted by Crippen LogP contribution is -2.47. The van der Waals surface area contributed by atoms with Crippen LogP contribution in [0.3, 0.4) is 0 Å². The average Bonchev–Trinajstić information content (AvgIpc) is 2.76. The second-order valence-electron chi connectivity index (χ2n) is 7.95. The zero-order chi connectivity index (χ0) is 21.0. The minimum atomic E-state index is -3.63. The van der Waals surface area contributed by atoms with Gasteiger partial charge in [-0.15, -0.1) is 0 Å². The van der Waals surface area contributed by atoms with Crippen molar-refractivity contribution in [2.75, 3.05) is 17.4 Å². The fraction of sp³-hybridized carbons (Fsp3) is 0.280. The smallest absolute Gasteiger partial charge is 0.264 e. The van der Waals surface area contributed by atoms with Gasteiger partial charge in [-0.3, -0.25) is 9.21 Å². The zero-order valence-corrected chi connectivity index (χ0v) is 18.1. The molecule has 0 N–H and O–H groups in total.